The van der Waals surface area contributed by atoms with Gasteiger partial charge in [0.15, 0.2) is 11.6 Å². The van der Waals surface area contributed by atoms with E-state index in [1.54, 1.807) is 44.4 Å². The average molecular weight is 387 g/mol. The molecule has 3 rings (SSSR count). The highest BCUT2D eigenvalue weighted by atomic mass is 19.2. The summed E-state index contributed by atoms with van der Waals surface area (Å²) in [6.07, 6.45) is 0.701. The van der Waals surface area contributed by atoms with Crippen LogP contribution in [-0.4, -0.2) is 49.9 Å². The van der Waals surface area contributed by atoms with Crippen molar-refractivity contribution in [1.29, 1.82) is 0 Å². The normalized spacial score (nSPS) is 19.1. The molecule has 2 N–H and O–H groups in total. The van der Waals surface area contributed by atoms with Crippen LogP contribution in [0.15, 0.2) is 42.5 Å². The fourth-order valence-corrected chi connectivity index (χ4v) is 3.43. The van der Waals surface area contributed by atoms with Crippen molar-refractivity contribution in [3.63, 3.8) is 0 Å². The molecule has 0 saturated carbocycles. The van der Waals surface area contributed by atoms with Gasteiger partial charge in [0.05, 0.1) is 0 Å². The number of halogens is 2. The summed E-state index contributed by atoms with van der Waals surface area (Å²) < 4.78 is 26.9. The van der Waals surface area contributed by atoms with Crippen LogP contribution in [0, 0.1) is 11.6 Å². The Balaban J connectivity index is 1.74. The van der Waals surface area contributed by atoms with Gasteiger partial charge in [-0.2, -0.15) is 0 Å². The van der Waals surface area contributed by atoms with Crippen molar-refractivity contribution in [1.82, 2.24) is 15.5 Å². The first kappa shape index (κ1) is 19.9. The molecule has 1 aliphatic heterocycles. The van der Waals surface area contributed by atoms with E-state index in [0.717, 1.165) is 12.6 Å². The second-order valence-corrected chi connectivity index (χ2v) is 7.13. The molecule has 0 aromatic heterocycles. The quantitative estimate of drug-likeness (QED) is 0.848. The first-order valence-corrected chi connectivity index (χ1v) is 9.15. The van der Waals surface area contributed by atoms with Crippen LogP contribution in [-0.2, 0) is 0 Å². The minimum atomic E-state index is -0.887. The summed E-state index contributed by atoms with van der Waals surface area (Å²) in [5.41, 5.74) is 1.60. The number of amides is 2. The lowest BCUT2D eigenvalue weighted by Gasteiger charge is -2.33. The molecule has 1 fully saturated rings. The van der Waals surface area contributed by atoms with E-state index >= 15 is 0 Å². The van der Waals surface area contributed by atoms with Gasteiger partial charge in [0.2, 0.25) is 0 Å². The first-order valence-electron chi connectivity index (χ1n) is 9.15. The molecule has 2 aromatic carbocycles. The Labute approximate surface area is 162 Å². The highest BCUT2D eigenvalue weighted by molar-refractivity contribution is 5.97. The minimum Gasteiger partial charge on any atom is -0.347 e. The highest BCUT2D eigenvalue weighted by Gasteiger charge is 2.28. The Bertz CT molecular complexity index is 868. The molecule has 2 atom stereocenters. The lowest BCUT2D eigenvalue weighted by Crippen LogP contribution is -2.50. The van der Waals surface area contributed by atoms with Gasteiger partial charge in [-0.05, 0) is 54.9 Å². The Morgan fingerprint density at radius 2 is 1.71 bits per heavy atom. The molecule has 28 heavy (non-hydrogen) atoms. The maximum absolute atomic E-state index is 13.6. The SMILES string of the molecule is CN(C)C(=O)c1ccc(C(=O)NC2CNCCC2c2ccc(F)c(F)c2)cc1. The summed E-state index contributed by atoms with van der Waals surface area (Å²) in [5, 5.41) is 6.20. The molecule has 5 nitrogen and oxygen atoms in total. The van der Waals surface area contributed by atoms with Gasteiger partial charge >= 0.3 is 0 Å². The predicted octanol–water partition coefficient (Wildman–Crippen LogP) is 2.54. The van der Waals surface area contributed by atoms with E-state index in [0.29, 0.717) is 29.7 Å². The average Bonchev–Trinajstić information content (AvgIpc) is 2.70. The van der Waals surface area contributed by atoms with Gasteiger partial charge in [-0.15, -0.1) is 0 Å². The monoisotopic (exact) mass is 387 g/mol. The number of hydrogen-bond donors (Lipinski definition) is 2. The third-order valence-electron chi connectivity index (χ3n) is 4.97. The maximum Gasteiger partial charge on any atom is 0.253 e. The number of piperidine rings is 1. The van der Waals surface area contributed by atoms with Crippen molar-refractivity contribution >= 4 is 11.8 Å². The standard InChI is InChI=1S/C21H23F2N3O2/c1-26(2)21(28)14-5-3-13(4-6-14)20(27)25-19-12-24-10-9-16(19)15-7-8-17(22)18(23)11-15/h3-8,11,16,19,24H,9-10,12H2,1-2H3,(H,25,27). The first-order chi connectivity index (χ1) is 13.4. The lowest BCUT2D eigenvalue weighted by molar-refractivity contribution is 0.0826. The number of carbonyl (C=O) groups is 2. The van der Waals surface area contributed by atoms with E-state index < -0.39 is 11.6 Å². The Kier molecular flexibility index (Phi) is 6.04. The van der Waals surface area contributed by atoms with Crippen molar-refractivity contribution in [2.75, 3.05) is 27.2 Å². The van der Waals surface area contributed by atoms with Crippen LogP contribution >= 0.6 is 0 Å². The summed E-state index contributed by atoms with van der Waals surface area (Å²) in [7, 11) is 3.33. The molecule has 0 spiro atoms. The van der Waals surface area contributed by atoms with Crippen LogP contribution in [0.25, 0.3) is 0 Å². The zero-order chi connectivity index (χ0) is 20.3. The molecular weight excluding hydrogens is 364 g/mol. The third-order valence-corrected chi connectivity index (χ3v) is 4.97. The van der Waals surface area contributed by atoms with Gasteiger partial charge < -0.3 is 15.5 Å². The topological polar surface area (TPSA) is 61.4 Å². The van der Waals surface area contributed by atoms with Crippen LogP contribution in [0.1, 0.15) is 38.6 Å². The number of hydrogen-bond acceptors (Lipinski definition) is 3. The number of nitrogens with zero attached hydrogens (tertiary/aromatic N) is 1. The summed E-state index contributed by atoms with van der Waals surface area (Å²) in [5.74, 6) is -2.30. The molecule has 2 amide bonds. The molecule has 2 aromatic rings. The smallest absolute Gasteiger partial charge is 0.253 e. The molecule has 148 valence electrons. The van der Waals surface area contributed by atoms with E-state index in [-0.39, 0.29) is 23.8 Å². The largest absolute Gasteiger partial charge is 0.347 e. The van der Waals surface area contributed by atoms with Gasteiger partial charge in [0.25, 0.3) is 11.8 Å². The summed E-state index contributed by atoms with van der Waals surface area (Å²) in [6.45, 7) is 1.27. The molecule has 0 bridgehead atoms. The zero-order valence-corrected chi connectivity index (χ0v) is 15.8. The number of nitrogens with one attached hydrogen (secondary N) is 2. The number of rotatable bonds is 4. The molecule has 2 unspecified atom stereocenters. The molecule has 1 saturated heterocycles. The molecule has 0 radical (unpaired) electrons. The molecule has 1 aliphatic rings. The van der Waals surface area contributed by atoms with Gasteiger partial charge in [0.1, 0.15) is 0 Å². The molecule has 1 heterocycles. The molecule has 7 heteroatoms. The van der Waals surface area contributed by atoms with E-state index in [2.05, 4.69) is 10.6 Å². The summed E-state index contributed by atoms with van der Waals surface area (Å²) in [4.78, 5) is 26.1. The number of carbonyl (C=O) groups excluding carboxylic acids is 2. The summed E-state index contributed by atoms with van der Waals surface area (Å²) in [6, 6.07) is 10.1. The fourth-order valence-electron chi connectivity index (χ4n) is 3.43. The van der Waals surface area contributed by atoms with E-state index in [4.69, 9.17) is 0 Å². The van der Waals surface area contributed by atoms with Crippen molar-refractivity contribution in [3.8, 4) is 0 Å². The van der Waals surface area contributed by atoms with Crippen molar-refractivity contribution in [2.24, 2.45) is 0 Å². The van der Waals surface area contributed by atoms with Gasteiger partial charge in [-0.1, -0.05) is 6.07 Å². The van der Waals surface area contributed by atoms with Crippen molar-refractivity contribution < 1.29 is 18.4 Å². The second-order valence-electron chi connectivity index (χ2n) is 7.13. The summed E-state index contributed by atoms with van der Waals surface area (Å²) >= 11 is 0. The van der Waals surface area contributed by atoms with E-state index in [1.807, 2.05) is 0 Å². The Morgan fingerprint density at radius 1 is 1.04 bits per heavy atom. The van der Waals surface area contributed by atoms with Crippen LogP contribution in [0.4, 0.5) is 8.78 Å². The minimum absolute atomic E-state index is 0.116. The van der Waals surface area contributed by atoms with Crippen molar-refractivity contribution in [3.05, 3.63) is 70.8 Å². The highest BCUT2D eigenvalue weighted by Crippen LogP contribution is 2.27. The molecule has 0 aliphatic carbocycles. The van der Waals surface area contributed by atoms with Gasteiger partial charge in [0, 0.05) is 43.7 Å². The van der Waals surface area contributed by atoms with Crippen LogP contribution in [0.2, 0.25) is 0 Å². The number of benzene rings is 2. The predicted molar refractivity (Wildman–Crippen MR) is 102 cm³/mol. The van der Waals surface area contributed by atoms with Gasteiger partial charge in [-0.3, -0.25) is 9.59 Å². The van der Waals surface area contributed by atoms with Crippen LogP contribution in [0.3, 0.4) is 0 Å². The van der Waals surface area contributed by atoms with Gasteiger partial charge in [-0.25, -0.2) is 8.78 Å². The van der Waals surface area contributed by atoms with Crippen LogP contribution < -0.4 is 10.6 Å². The second kappa shape index (κ2) is 8.48. The third kappa shape index (κ3) is 4.36. The fraction of sp³-hybridized carbons (Fsp3) is 0.333. The van der Waals surface area contributed by atoms with E-state index in [9.17, 15) is 18.4 Å². The van der Waals surface area contributed by atoms with E-state index in [1.165, 1.54) is 11.0 Å². The Morgan fingerprint density at radius 3 is 2.36 bits per heavy atom. The lowest BCUT2D eigenvalue weighted by atomic mass is 9.85. The Hall–Kier alpha value is -2.80. The maximum atomic E-state index is 13.6. The van der Waals surface area contributed by atoms with Crippen molar-refractivity contribution in [2.45, 2.75) is 18.4 Å². The van der Waals surface area contributed by atoms with Crippen LogP contribution in [0.5, 0.6) is 0 Å². The molecular formula is C21H23F2N3O2. The zero-order valence-electron chi connectivity index (χ0n) is 15.8.